The third kappa shape index (κ3) is 4.55. The highest BCUT2D eigenvalue weighted by atomic mass is 16.2. The monoisotopic (exact) mass is 299 g/mol. The Morgan fingerprint density at radius 1 is 1.23 bits per heavy atom. The highest BCUT2D eigenvalue weighted by Gasteiger charge is 2.17. The Labute approximate surface area is 130 Å². The summed E-state index contributed by atoms with van der Waals surface area (Å²) in [5.74, 6) is -0.634. The zero-order chi connectivity index (χ0) is 15.8. The second-order valence-corrected chi connectivity index (χ2v) is 5.23. The Kier molecular flexibility index (Phi) is 5.89. The van der Waals surface area contributed by atoms with Gasteiger partial charge in [-0.25, -0.2) is 0 Å². The van der Waals surface area contributed by atoms with Crippen LogP contribution >= 0.6 is 0 Å². The predicted octanol–water partition coefficient (Wildman–Crippen LogP) is 2.96. The van der Waals surface area contributed by atoms with E-state index in [1.807, 2.05) is 18.3 Å². The molecule has 0 spiro atoms. The quantitative estimate of drug-likeness (QED) is 0.855. The number of nitrogens with zero attached hydrogens (tertiary/aromatic N) is 2. The minimum atomic E-state index is -0.361. The molecule has 2 amide bonds. The van der Waals surface area contributed by atoms with Gasteiger partial charge in [0.1, 0.15) is 0 Å². The summed E-state index contributed by atoms with van der Waals surface area (Å²) in [7, 11) is 0. The first-order chi connectivity index (χ1) is 10.7. The van der Waals surface area contributed by atoms with E-state index in [-0.39, 0.29) is 24.3 Å². The van der Waals surface area contributed by atoms with Gasteiger partial charge in [-0.2, -0.15) is 5.10 Å². The van der Waals surface area contributed by atoms with Gasteiger partial charge in [0.2, 0.25) is 5.91 Å². The van der Waals surface area contributed by atoms with E-state index in [0.29, 0.717) is 5.56 Å². The van der Waals surface area contributed by atoms with E-state index in [2.05, 4.69) is 17.3 Å². The van der Waals surface area contributed by atoms with Crippen molar-refractivity contribution in [2.75, 3.05) is 0 Å². The molecule has 0 aliphatic carbocycles. The van der Waals surface area contributed by atoms with Crippen LogP contribution in [0.4, 0.5) is 0 Å². The fraction of sp³-hybridized carbons (Fsp3) is 0.353. The van der Waals surface area contributed by atoms with Gasteiger partial charge < -0.3 is 0 Å². The Morgan fingerprint density at radius 3 is 2.64 bits per heavy atom. The molecule has 1 heterocycles. The number of hydrogen-bond donors (Lipinski definition) is 1. The van der Waals surface area contributed by atoms with Crippen molar-refractivity contribution >= 4 is 11.8 Å². The van der Waals surface area contributed by atoms with E-state index < -0.39 is 0 Å². The summed E-state index contributed by atoms with van der Waals surface area (Å²) in [5.41, 5.74) is 0.486. The number of amides is 2. The first kappa shape index (κ1) is 15.9. The summed E-state index contributed by atoms with van der Waals surface area (Å²) in [6.45, 7) is 2.11. The number of hydrogen-bond acceptors (Lipinski definition) is 3. The van der Waals surface area contributed by atoms with Crippen LogP contribution in [0.25, 0.3) is 0 Å². The molecule has 5 nitrogen and oxygen atoms in total. The molecule has 1 aromatic heterocycles. The number of rotatable bonds is 7. The second kappa shape index (κ2) is 8.12. The molecule has 0 aliphatic rings. The molecule has 1 unspecified atom stereocenters. The lowest BCUT2D eigenvalue weighted by atomic mass is 10.1. The number of carbonyl (C=O) groups excluding carboxylic acids is 2. The molecule has 0 saturated carbocycles. The summed E-state index contributed by atoms with van der Waals surface area (Å²) >= 11 is 0. The van der Waals surface area contributed by atoms with Crippen LogP contribution < -0.4 is 5.32 Å². The van der Waals surface area contributed by atoms with E-state index >= 15 is 0 Å². The Hall–Kier alpha value is -2.43. The van der Waals surface area contributed by atoms with Crippen LogP contribution in [0.5, 0.6) is 0 Å². The van der Waals surface area contributed by atoms with Gasteiger partial charge in [-0.1, -0.05) is 38.0 Å². The maximum atomic E-state index is 12.1. The molecule has 5 heteroatoms. The number of aromatic nitrogens is 2. The molecular formula is C17H21N3O2. The molecule has 1 aromatic carbocycles. The van der Waals surface area contributed by atoms with Crippen LogP contribution in [0.15, 0.2) is 48.8 Å². The third-order valence-corrected chi connectivity index (χ3v) is 3.50. The SMILES string of the molecule is CCCCC(CC(=O)NC(=O)c1ccccc1)n1cccn1. The lowest BCUT2D eigenvalue weighted by Gasteiger charge is -2.16. The summed E-state index contributed by atoms with van der Waals surface area (Å²) < 4.78 is 1.79. The molecule has 0 fully saturated rings. The first-order valence-corrected chi connectivity index (χ1v) is 7.59. The van der Waals surface area contributed by atoms with Crippen LogP contribution in [-0.2, 0) is 4.79 Å². The van der Waals surface area contributed by atoms with Gasteiger partial charge in [-0.05, 0) is 24.6 Å². The highest BCUT2D eigenvalue weighted by molar-refractivity contribution is 6.04. The lowest BCUT2D eigenvalue weighted by molar-refractivity contribution is -0.121. The molecule has 0 bridgehead atoms. The van der Waals surface area contributed by atoms with Gasteiger partial charge in [0.15, 0.2) is 0 Å². The second-order valence-electron chi connectivity index (χ2n) is 5.23. The van der Waals surface area contributed by atoms with E-state index in [1.165, 1.54) is 0 Å². The molecule has 22 heavy (non-hydrogen) atoms. The van der Waals surface area contributed by atoms with Gasteiger partial charge >= 0.3 is 0 Å². The molecule has 0 radical (unpaired) electrons. The summed E-state index contributed by atoms with van der Waals surface area (Å²) in [6, 6.07) is 10.6. The first-order valence-electron chi connectivity index (χ1n) is 7.59. The highest BCUT2D eigenvalue weighted by Crippen LogP contribution is 2.18. The van der Waals surface area contributed by atoms with E-state index in [1.54, 1.807) is 35.1 Å². The van der Waals surface area contributed by atoms with Crippen molar-refractivity contribution in [2.45, 2.75) is 38.6 Å². The maximum absolute atomic E-state index is 12.1. The minimum absolute atomic E-state index is 0.0153. The molecule has 1 atom stereocenters. The summed E-state index contributed by atoms with van der Waals surface area (Å²) in [6.07, 6.45) is 6.75. The van der Waals surface area contributed by atoms with Crippen molar-refractivity contribution in [3.05, 3.63) is 54.4 Å². The van der Waals surface area contributed by atoms with Crippen molar-refractivity contribution in [3.63, 3.8) is 0 Å². The van der Waals surface area contributed by atoms with Gasteiger partial charge in [-0.3, -0.25) is 19.6 Å². The Bertz CT molecular complexity index is 594. The molecule has 0 saturated heterocycles. The van der Waals surface area contributed by atoms with E-state index in [0.717, 1.165) is 19.3 Å². The van der Waals surface area contributed by atoms with Gasteiger partial charge in [0.25, 0.3) is 5.91 Å². The molecule has 2 rings (SSSR count). The maximum Gasteiger partial charge on any atom is 0.257 e. The number of carbonyl (C=O) groups is 2. The minimum Gasteiger partial charge on any atom is -0.292 e. The third-order valence-electron chi connectivity index (χ3n) is 3.50. The average molecular weight is 299 g/mol. The van der Waals surface area contributed by atoms with E-state index in [9.17, 15) is 9.59 Å². The lowest BCUT2D eigenvalue weighted by Crippen LogP contribution is -2.32. The fourth-order valence-corrected chi connectivity index (χ4v) is 2.32. The van der Waals surface area contributed by atoms with Crippen molar-refractivity contribution in [1.82, 2.24) is 15.1 Å². The largest absolute Gasteiger partial charge is 0.292 e. The standard InChI is InChI=1S/C17H21N3O2/c1-2-3-10-15(20-12-7-11-18-20)13-16(21)19-17(22)14-8-5-4-6-9-14/h4-9,11-12,15H,2-3,10,13H2,1H3,(H,19,21,22). The van der Waals surface area contributed by atoms with Crippen molar-refractivity contribution < 1.29 is 9.59 Å². The van der Waals surface area contributed by atoms with Crippen LogP contribution in [0.2, 0.25) is 0 Å². The van der Waals surface area contributed by atoms with Gasteiger partial charge in [0, 0.05) is 24.4 Å². The van der Waals surface area contributed by atoms with Crippen LogP contribution in [-0.4, -0.2) is 21.6 Å². The fourth-order valence-electron chi connectivity index (χ4n) is 2.32. The van der Waals surface area contributed by atoms with Gasteiger partial charge in [-0.15, -0.1) is 0 Å². The van der Waals surface area contributed by atoms with Crippen LogP contribution in [0, 0.1) is 0 Å². The Balaban J connectivity index is 1.95. The number of imide groups is 1. The predicted molar refractivity (Wildman–Crippen MR) is 84.3 cm³/mol. The normalized spacial score (nSPS) is 11.9. The number of nitrogens with one attached hydrogen (secondary N) is 1. The van der Waals surface area contributed by atoms with Gasteiger partial charge in [0.05, 0.1) is 6.04 Å². The average Bonchev–Trinajstić information content (AvgIpc) is 3.06. The van der Waals surface area contributed by atoms with Crippen molar-refractivity contribution in [2.24, 2.45) is 0 Å². The summed E-state index contributed by atoms with van der Waals surface area (Å²) in [4.78, 5) is 24.1. The van der Waals surface area contributed by atoms with Crippen LogP contribution in [0.1, 0.15) is 49.0 Å². The zero-order valence-electron chi connectivity index (χ0n) is 12.7. The topological polar surface area (TPSA) is 64.0 Å². The number of unbranched alkanes of at least 4 members (excludes halogenated alkanes) is 1. The van der Waals surface area contributed by atoms with Crippen molar-refractivity contribution in [3.8, 4) is 0 Å². The smallest absolute Gasteiger partial charge is 0.257 e. The summed E-state index contributed by atoms with van der Waals surface area (Å²) in [5, 5.41) is 6.66. The van der Waals surface area contributed by atoms with Crippen molar-refractivity contribution in [1.29, 1.82) is 0 Å². The molecule has 1 N–H and O–H groups in total. The van der Waals surface area contributed by atoms with E-state index in [4.69, 9.17) is 0 Å². The number of benzene rings is 1. The zero-order valence-corrected chi connectivity index (χ0v) is 12.7. The molecular weight excluding hydrogens is 278 g/mol. The Morgan fingerprint density at radius 2 is 2.00 bits per heavy atom. The molecule has 2 aromatic rings. The molecule has 116 valence electrons. The van der Waals surface area contributed by atoms with Crippen LogP contribution in [0.3, 0.4) is 0 Å². The molecule has 0 aliphatic heterocycles.